The van der Waals surface area contributed by atoms with Gasteiger partial charge in [0.2, 0.25) is 0 Å². The molecular weight excluding hydrogens is 858 g/mol. The molecule has 3 aromatic carbocycles. The van der Waals surface area contributed by atoms with Crippen molar-refractivity contribution < 1.29 is 28.6 Å². The minimum Gasteiger partial charge on any atom is -0.462 e. The van der Waals surface area contributed by atoms with E-state index in [0.717, 1.165) is 0 Å². The molecule has 247 valence electrons. The third-order valence-corrected chi connectivity index (χ3v) is 11.1. The highest BCUT2D eigenvalue weighted by Gasteiger charge is 2.40. The van der Waals surface area contributed by atoms with E-state index in [1.165, 1.54) is 0 Å². The highest BCUT2D eigenvalue weighted by molar-refractivity contribution is 6.54. The highest BCUT2D eigenvalue weighted by Crippen LogP contribution is 2.57. The molecule has 0 aromatic heterocycles. The molecular formula is C28H15Cl12O6. The minimum absolute atomic E-state index is 0.0378. The molecule has 0 saturated carbocycles. The molecule has 0 heterocycles. The highest BCUT2D eigenvalue weighted by atomic mass is 35.5. The number of esters is 3. The van der Waals surface area contributed by atoms with Crippen molar-refractivity contribution in [2.45, 2.75) is 20.8 Å². The Balaban J connectivity index is 2.65. The molecule has 0 aliphatic carbocycles. The Bertz CT molecular complexity index is 1480. The third-order valence-electron chi connectivity index (χ3n) is 5.98. The van der Waals surface area contributed by atoms with Gasteiger partial charge in [0.25, 0.3) is 0 Å². The first-order chi connectivity index (χ1) is 21.5. The molecule has 46 heavy (non-hydrogen) atoms. The Morgan fingerprint density at radius 2 is 0.500 bits per heavy atom. The van der Waals surface area contributed by atoms with Crippen LogP contribution in [0, 0.1) is 5.92 Å². The zero-order chi connectivity index (χ0) is 34.9. The van der Waals surface area contributed by atoms with E-state index in [1.54, 1.807) is 20.8 Å². The predicted octanol–water partition coefficient (Wildman–Crippen LogP) is 13.1. The van der Waals surface area contributed by atoms with E-state index in [-0.39, 0.29) is 59.1 Å². The predicted molar refractivity (Wildman–Crippen MR) is 188 cm³/mol. The average molecular weight is 873 g/mol. The topological polar surface area (TPSA) is 78.9 Å². The van der Waals surface area contributed by atoms with Gasteiger partial charge in [0, 0.05) is 16.7 Å². The SMILES string of the molecule is CCOC(=O)c1c(Cl)c(Cl)c([C](c2c(Cl)c(Cl)c(C(=O)OCC)c(Cl)c2Cl)c2c(Cl)c(Cl)c(C(=O)OCC)c(Cl)c2Cl)c(Cl)c1Cl. The lowest BCUT2D eigenvalue weighted by Gasteiger charge is -2.28. The van der Waals surface area contributed by atoms with Crippen molar-refractivity contribution in [2.75, 3.05) is 19.8 Å². The molecule has 3 rings (SSSR count). The fourth-order valence-corrected chi connectivity index (χ4v) is 7.66. The Labute approximate surface area is 323 Å². The Morgan fingerprint density at radius 1 is 0.348 bits per heavy atom. The summed E-state index contributed by atoms with van der Waals surface area (Å²) in [5.41, 5.74) is -1.94. The van der Waals surface area contributed by atoms with Crippen molar-refractivity contribution in [3.8, 4) is 0 Å². The Kier molecular flexibility index (Phi) is 14.3. The molecule has 3 aromatic rings. The van der Waals surface area contributed by atoms with Crippen LogP contribution in [0.3, 0.4) is 0 Å². The van der Waals surface area contributed by atoms with Crippen molar-refractivity contribution in [3.05, 3.63) is 99.6 Å². The molecule has 0 atom stereocenters. The van der Waals surface area contributed by atoms with E-state index in [0.29, 0.717) is 0 Å². The summed E-state index contributed by atoms with van der Waals surface area (Å²) in [6.45, 7) is 4.55. The number of carbonyl (C=O) groups excluding carboxylic acids is 3. The summed E-state index contributed by atoms with van der Waals surface area (Å²) < 4.78 is 15.1. The van der Waals surface area contributed by atoms with Crippen LogP contribution >= 0.6 is 139 Å². The maximum atomic E-state index is 12.8. The van der Waals surface area contributed by atoms with Gasteiger partial charge in [-0.3, -0.25) is 0 Å². The summed E-state index contributed by atoms with van der Waals surface area (Å²) in [4.78, 5) is 38.3. The number of hydrogen-bond acceptors (Lipinski definition) is 6. The average Bonchev–Trinajstić information content (AvgIpc) is 2.99. The third kappa shape index (κ3) is 7.21. The van der Waals surface area contributed by atoms with Gasteiger partial charge in [-0.25, -0.2) is 14.4 Å². The molecule has 0 bridgehead atoms. The van der Waals surface area contributed by atoms with Crippen LogP contribution in [0.2, 0.25) is 60.3 Å². The van der Waals surface area contributed by atoms with Gasteiger partial charge in [-0.1, -0.05) is 139 Å². The summed E-state index contributed by atoms with van der Waals surface area (Å²) in [6, 6.07) is 0. The van der Waals surface area contributed by atoms with Crippen molar-refractivity contribution in [3.63, 3.8) is 0 Å². The molecule has 0 aliphatic rings. The summed E-state index contributed by atoms with van der Waals surface area (Å²) in [5, 5.41) is -4.92. The van der Waals surface area contributed by atoms with Crippen LogP contribution in [0.5, 0.6) is 0 Å². The van der Waals surface area contributed by atoms with Crippen LogP contribution in [-0.4, -0.2) is 37.7 Å². The quantitative estimate of drug-likeness (QED) is 0.0922. The number of carbonyl (C=O) groups is 3. The molecule has 0 N–H and O–H groups in total. The second-order valence-electron chi connectivity index (χ2n) is 8.55. The minimum atomic E-state index is -0.948. The molecule has 6 nitrogen and oxygen atoms in total. The van der Waals surface area contributed by atoms with Crippen LogP contribution in [0.25, 0.3) is 0 Å². The van der Waals surface area contributed by atoms with E-state index in [4.69, 9.17) is 153 Å². The summed E-state index contributed by atoms with van der Waals surface area (Å²) in [7, 11) is 0. The van der Waals surface area contributed by atoms with Gasteiger partial charge in [-0.05, 0) is 20.8 Å². The van der Waals surface area contributed by atoms with Gasteiger partial charge in [-0.15, -0.1) is 0 Å². The fraction of sp³-hybridized carbons (Fsp3) is 0.214. The van der Waals surface area contributed by atoms with Crippen molar-refractivity contribution >= 4 is 157 Å². The van der Waals surface area contributed by atoms with Crippen LogP contribution in [0.15, 0.2) is 0 Å². The molecule has 0 unspecified atom stereocenters. The molecule has 0 amide bonds. The zero-order valence-corrected chi connectivity index (χ0v) is 32.2. The van der Waals surface area contributed by atoms with E-state index >= 15 is 0 Å². The number of benzene rings is 3. The fourth-order valence-electron chi connectivity index (χ4n) is 4.08. The lowest BCUT2D eigenvalue weighted by atomic mass is 9.83. The van der Waals surface area contributed by atoms with Crippen molar-refractivity contribution in [2.24, 2.45) is 0 Å². The van der Waals surface area contributed by atoms with Crippen LogP contribution in [-0.2, 0) is 14.2 Å². The summed E-state index contributed by atoms with van der Waals surface area (Å²) in [6.07, 6.45) is 0. The standard InChI is InChI=1S/C28H15Cl12O6/c1-4-44-26(41)11-20(35)14(29)8(15(30)21(11)36)7(9-16(31)22(37)12(23(38)17(9)32)27(42)45-5-2)10-18(33)24(39)13(25(40)19(10)34)28(43)46-6-3/h4-6H2,1-3H3. The van der Waals surface area contributed by atoms with Crippen molar-refractivity contribution in [1.29, 1.82) is 0 Å². The maximum absolute atomic E-state index is 12.8. The summed E-state index contributed by atoms with van der Waals surface area (Å²) >= 11 is 80.0. The number of halogens is 12. The lowest BCUT2D eigenvalue weighted by Crippen LogP contribution is -2.16. The van der Waals surface area contributed by atoms with Gasteiger partial charge in [0.05, 0.1) is 103 Å². The molecule has 0 fully saturated rings. The van der Waals surface area contributed by atoms with Crippen LogP contribution < -0.4 is 0 Å². The van der Waals surface area contributed by atoms with Gasteiger partial charge < -0.3 is 14.2 Å². The second-order valence-corrected chi connectivity index (χ2v) is 13.1. The van der Waals surface area contributed by atoms with E-state index in [2.05, 4.69) is 0 Å². The Hall–Kier alpha value is -0.450. The van der Waals surface area contributed by atoms with Crippen LogP contribution in [0.1, 0.15) is 68.5 Å². The van der Waals surface area contributed by atoms with Gasteiger partial charge in [0.1, 0.15) is 0 Å². The normalized spacial score (nSPS) is 11.2. The molecule has 0 aliphatic heterocycles. The first-order valence-electron chi connectivity index (χ1n) is 12.5. The second kappa shape index (κ2) is 16.5. The molecule has 1 radical (unpaired) electrons. The number of ether oxygens (including phenoxy) is 3. The molecule has 0 spiro atoms. The largest absolute Gasteiger partial charge is 0.462 e. The van der Waals surface area contributed by atoms with Gasteiger partial charge >= 0.3 is 17.9 Å². The van der Waals surface area contributed by atoms with Crippen LogP contribution in [0.4, 0.5) is 0 Å². The smallest absolute Gasteiger partial charge is 0.341 e. The Morgan fingerprint density at radius 3 is 0.652 bits per heavy atom. The summed E-state index contributed by atoms with van der Waals surface area (Å²) in [5.74, 6) is -3.12. The molecule has 18 heteroatoms. The first kappa shape index (κ1) is 40.0. The van der Waals surface area contributed by atoms with Gasteiger partial charge in [0.15, 0.2) is 0 Å². The maximum Gasteiger partial charge on any atom is 0.341 e. The van der Waals surface area contributed by atoms with Gasteiger partial charge in [-0.2, -0.15) is 0 Å². The monoisotopic (exact) mass is 867 g/mol. The van der Waals surface area contributed by atoms with E-state index in [1.807, 2.05) is 0 Å². The first-order valence-corrected chi connectivity index (χ1v) is 17.0. The van der Waals surface area contributed by atoms with E-state index in [9.17, 15) is 14.4 Å². The number of rotatable bonds is 9. The zero-order valence-electron chi connectivity index (χ0n) is 23.1. The lowest BCUT2D eigenvalue weighted by molar-refractivity contribution is 0.0517. The van der Waals surface area contributed by atoms with Crippen molar-refractivity contribution in [1.82, 2.24) is 0 Å². The molecule has 0 saturated heterocycles. The number of hydrogen-bond donors (Lipinski definition) is 0. The van der Waals surface area contributed by atoms with E-state index < -0.39 is 78.2 Å².